The minimum absolute atomic E-state index is 0. The van der Waals surface area contributed by atoms with Gasteiger partial charge in [-0.15, -0.1) is 24.8 Å². The number of carbonyl (C=O) groups is 1. The number of aromatic nitrogens is 1. The van der Waals surface area contributed by atoms with E-state index in [9.17, 15) is 4.79 Å². The highest BCUT2D eigenvalue weighted by Crippen LogP contribution is 2.21. The van der Waals surface area contributed by atoms with E-state index in [4.69, 9.17) is 0 Å². The van der Waals surface area contributed by atoms with Gasteiger partial charge in [-0.1, -0.05) is 13.0 Å². The molecule has 148 valence electrons. The van der Waals surface area contributed by atoms with Crippen LogP contribution in [-0.4, -0.2) is 72.5 Å². The maximum Gasteiger partial charge on any atom is 0.234 e. The van der Waals surface area contributed by atoms with Crippen molar-refractivity contribution in [2.24, 2.45) is 0 Å². The number of hydrogen-bond acceptors (Lipinski definition) is 5. The van der Waals surface area contributed by atoms with E-state index in [-0.39, 0.29) is 36.8 Å². The van der Waals surface area contributed by atoms with Gasteiger partial charge in [0.05, 0.1) is 6.54 Å². The lowest BCUT2D eigenvalue weighted by molar-refractivity contribution is -0.124. The second-order valence-electron chi connectivity index (χ2n) is 6.75. The second kappa shape index (κ2) is 11.7. The summed E-state index contributed by atoms with van der Waals surface area (Å²) in [5.74, 6) is 0.153. The van der Waals surface area contributed by atoms with Gasteiger partial charge in [0, 0.05) is 57.2 Å². The first-order valence-corrected chi connectivity index (χ1v) is 9.12. The number of hydrogen-bond donors (Lipinski definition) is 2. The fourth-order valence-electron chi connectivity index (χ4n) is 3.69. The summed E-state index contributed by atoms with van der Waals surface area (Å²) in [4.78, 5) is 21.4. The summed E-state index contributed by atoms with van der Waals surface area (Å²) in [7, 11) is 0. The number of likely N-dealkylation sites (tertiary alicyclic amines) is 1. The van der Waals surface area contributed by atoms with E-state index in [1.54, 1.807) is 6.20 Å². The number of rotatable bonds is 5. The Morgan fingerprint density at radius 1 is 1.31 bits per heavy atom. The molecule has 2 fully saturated rings. The van der Waals surface area contributed by atoms with Crippen LogP contribution < -0.4 is 10.6 Å². The van der Waals surface area contributed by atoms with E-state index >= 15 is 0 Å². The van der Waals surface area contributed by atoms with Gasteiger partial charge in [-0.2, -0.15) is 0 Å². The summed E-state index contributed by atoms with van der Waals surface area (Å²) >= 11 is 0. The Balaban J connectivity index is 0.00000169. The standard InChI is InChI=1S/C18H29N5O.2ClH/c1-2-22-9-5-16(6-10-22)21-18(24)14-23-11-8-20-13-17(23)15-4-3-7-19-12-15;;/h3-4,7,12,16-17,20H,2,5-6,8-11,13-14H2,1H3,(H,21,24);2*1H. The molecule has 2 aliphatic rings. The topological polar surface area (TPSA) is 60.5 Å². The Hall–Kier alpha value is -0.920. The highest BCUT2D eigenvalue weighted by molar-refractivity contribution is 5.85. The molecule has 0 aromatic carbocycles. The van der Waals surface area contributed by atoms with Gasteiger partial charge in [-0.3, -0.25) is 14.7 Å². The number of nitrogens with zero attached hydrogens (tertiary/aromatic N) is 3. The summed E-state index contributed by atoms with van der Waals surface area (Å²) in [5.41, 5.74) is 1.17. The first-order valence-electron chi connectivity index (χ1n) is 9.12. The molecule has 1 atom stereocenters. The van der Waals surface area contributed by atoms with Crippen molar-refractivity contribution < 1.29 is 4.79 Å². The van der Waals surface area contributed by atoms with E-state index in [0.29, 0.717) is 12.6 Å². The molecule has 2 saturated heterocycles. The fourth-order valence-corrected chi connectivity index (χ4v) is 3.69. The molecule has 1 aromatic rings. The fraction of sp³-hybridized carbons (Fsp3) is 0.667. The Bertz CT molecular complexity index is 526. The third kappa shape index (κ3) is 6.35. The molecule has 3 rings (SSSR count). The molecule has 1 unspecified atom stereocenters. The third-order valence-electron chi connectivity index (χ3n) is 5.17. The first-order chi connectivity index (χ1) is 11.8. The molecule has 26 heavy (non-hydrogen) atoms. The molecule has 1 aromatic heterocycles. The van der Waals surface area contributed by atoms with Crippen LogP contribution >= 0.6 is 24.8 Å². The number of halogens is 2. The predicted octanol–water partition coefficient (Wildman–Crippen LogP) is 1.47. The normalized spacial score (nSPS) is 22.1. The number of piperazine rings is 1. The molecule has 3 heterocycles. The van der Waals surface area contributed by atoms with Crippen LogP contribution in [0.1, 0.15) is 31.4 Å². The van der Waals surface area contributed by atoms with E-state index in [2.05, 4.69) is 38.4 Å². The van der Waals surface area contributed by atoms with Crippen molar-refractivity contribution in [3.63, 3.8) is 0 Å². The highest BCUT2D eigenvalue weighted by Gasteiger charge is 2.27. The van der Waals surface area contributed by atoms with Gasteiger partial charge < -0.3 is 15.5 Å². The van der Waals surface area contributed by atoms with Crippen molar-refractivity contribution >= 4 is 30.7 Å². The number of pyridine rings is 1. The zero-order valence-corrected chi connectivity index (χ0v) is 17.0. The number of amides is 1. The maximum absolute atomic E-state index is 12.5. The highest BCUT2D eigenvalue weighted by atomic mass is 35.5. The van der Waals surface area contributed by atoms with E-state index in [1.165, 1.54) is 5.56 Å². The summed E-state index contributed by atoms with van der Waals surface area (Å²) in [5, 5.41) is 6.66. The van der Waals surface area contributed by atoms with Crippen molar-refractivity contribution in [1.29, 1.82) is 0 Å². The second-order valence-corrected chi connectivity index (χ2v) is 6.75. The monoisotopic (exact) mass is 403 g/mol. The van der Waals surface area contributed by atoms with Crippen LogP contribution in [0.4, 0.5) is 0 Å². The Morgan fingerprint density at radius 2 is 2.08 bits per heavy atom. The molecule has 0 aliphatic carbocycles. The molecule has 0 saturated carbocycles. The van der Waals surface area contributed by atoms with Crippen molar-refractivity contribution in [2.45, 2.75) is 31.8 Å². The quantitative estimate of drug-likeness (QED) is 0.779. The molecule has 6 nitrogen and oxygen atoms in total. The third-order valence-corrected chi connectivity index (χ3v) is 5.17. The van der Waals surface area contributed by atoms with Gasteiger partial charge in [0.25, 0.3) is 0 Å². The molecular weight excluding hydrogens is 373 g/mol. The number of carbonyl (C=O) groups excluding carboxylic acids is 1. The zero-order valence-electron chi connectivity index (χ0n) is 15.4. The molecule has 1 amide bonds. The molecular formula is C18H31Cl2N5O. The zero-order chi connectivity index (χ0) is 16.8. The lowest BCUT2D eigenvalue weighted by atomic mass is 10.0. The van der Waals surface area contributed by atoms with Crippen LogP contribution in [0.2, 0.25) is 0 Å². The average Bonchev–Trinajstić information content (AvgIpc) is 2.63. The molecule has 0 bridgehead atoms. The van der Waals surface area contributed by atoms with E-state index < -0.39 is 0 Å². The van der Waals surface area contributed by atoms with Gasteiger partial charge in [0.15, 0.2) is 0 Å². The van der Waals surface area contributed by atoms with E-state index in [1.807, 2.05) is 12.3 Å². The summed E-state index contributed by atoms with van der Waals surface area (Å²) < 4.78 is 0. The Morgan fingerprint density at radius 3 is 2.73 bits per heavy atom. The van der Waals surface area contributed by atoms with Crippen LogP contribution in [-0.2, 0) is 4.79 Å². The Labute approximate surface area is 168 Å². The van der Waals surface area contributed by atoms with Crippen LogP contribution in [0.5, 0.6) is 0 Å². The molecule has 0 radical (unpaired) electrons. The number of piperidine rings is 1. The minimum atomic E-state index is 0. The minimum Gasteiger partial charge on any atom is -0.352 e. The summed E-state index contributed by atoms with van der Waals surface area (Å²) in [6, 6.07) is 4.61. The maximum atomic E-state index is 12.5. The van der Waals surface area contributed by atoms with Gasteiger partial charge in [0.1, 0.15) is 0 Å². The summed E-state index contributed by atoms with van der Waals surface area (Å²) in [6.07, 6.45) is 5.82. The first kappa shape index (κ1) is 23.1. The van der Waals surface area contributed by atoms with Crippen LogP contribution in [0.25, 0.3) is 0 Å². The lowest BCUT2D eigenvalue weighted by Crippen LogP contribution is -2.52. The van der Waals surface area contributed by atoms with Crippen molar-refractivity contribution in [3.8, 4) is 0 Å². The van der Waals surface area contributed by atoms with Crippen molar-refractivity contribution in [2.75, 3.05) is 45.8 Å². The lowest BCUT2D eigenvalue weighted by Gasteiger charge is -2.36. The smallest absolute Gasteiger partial charge is 0.234 e. The van der Waals surface area contributed by atoms with Gasteiger partial charge >= 0.3 is 0 Å². The molecule has 8 heteroatoms. The molecule has 2 aliphatic heterocycles. The summed E-state index contributed by atoms with van der Waals surface area (Å²) in [6.45, 7) is 8.64. The van der Waals surface area contributed by atoms with Crippen LogP contribution in [0.15, 0.2) is 24.5 Å². The average molecular weight is 404 g/mol. The molecule has 0 spiro atoms. The predicted molar refractivity (Wildman–Crippen MR) is 109 cm³/mol. The van der Waals surface area contributed by atoms with E-state index in [0.717, 1.165) is 52.1 Å². The number of nitrogens with one attached hydrogen (secondary N) is 2. The van der Waals surface area contributed by atoms with Crippen LogP contribution in [0.3, 0.4) is 0 Å². The van der Waals surface area contributed by atoms with Gasteiger partial charge in [-0.25, -0.2) is 0 Å². The largest absolute Gasteiger partial charge is 0.352 e. The SMILES string of the molecule is CCN1CCC(NC(=O)CN2CCNCC2c2cccnc2)CC1.Cl.Cl. The van der Waals surface area contributed by atoms with Crippen LogP contribution in [0, 0.1) is 0 Å². The Kier molecular flexibility index (Phi) is 10.4. The molecule has 2 N–H and O–H groups in total. The van der Waals surface area contributed by atoms with Crippen molar-refractivity contribution in [3.05, 3.63) is 30.1 Å². The van der Waals surface area contributed by atoms with Crippen molar-refractivity contribution in [1.82, 2.24) is 25.4 Å². The van der Waals surface area contributed by atoms with Gasteiger partial charge in [0.2, 0.25) is 5.91 Å². The van der Waals surface area contributed by atoms with Gasteiger partial charge in [-0.05, 0) is 31.0 Å².